The van der Waals surface area contributed by atoms with Gasteiger partial charge in [0.05, 0.1) is 6.20 Å². The molecule has 0 aliphatic heterocycles. The number of imidazole rings is 1. The zero-order valence-electron chi connectivity index (χ0n) is 7.77. The highest BCUT2D eigenvalue weighted by Crippen LogP contribution is 2.04. The Morgan fingerprint density at radius 1 is 1.46 bits per heavy atom. The summed E-state index contributed by atoms with van der Waals surface area (Å²) >= 11 is 0. The monoisotopic (exact) mass is 175 g/mol. The summed E-state index contributed by atoms with van der Waals surface area (Å²) in [4.78, 5) is 8.50. The average molecular weight is 175 g/mol. The molecule has 68 valence electrons. The number of nitrogens with zero attached hydrogens (tertiary/aromatic N) is 3. The Labute approximate surface area is 77.4 Å². The molecule has 0 saturated carbocycles. The van der Waals surface area contributed by atoms with E-state index in [4.69, 9.17) is 0 Å². The molecule has 0 aliphatic rings. The molecule has 0 spiro atoms. The Morgan fingerprint density at radius 2 is 2.38 bits per heavy atom. The molecule has 0 unspecified atom stereocenters. The number of aryl methyl sites for hydroxylation is 1. The predicted molar refractivity (Wildman–Crippen MR) is 51.6 cm³/mol. The van der Waals surface area contributed by atoms with Gasteiger partial charge in [-0.05, 0) is 18.9 Å². The lowest BCUT2D eigenvalue weighted by molar-refractivity contribution is 0.776. The SMILES string of the molecule is CCCCc1ccn2cncc2n1. The van der Waals surface area contributed by atoms with E-state index in [0.29, 0.717) is 0 Å². The summed E-state index contributed by atoms with van der Waals surface area (Å²) in [7, 11) is 0. The topological polar surface area (TPSA) is 30.2 Å². The molecule has 3 heteroatoms. The molecule has 3 nitrogen and oxygen atoms in total. The van der Waals surface area contributed by atoms with Crippen LogP contribution in [-0.2, 0) is 6.42 Å². The largest absolute Gasteiger partial charge is 0.291 e. The van der Waals surface area contributed by atoms with Gasteiger partial charge < -0.3 is 0 Å². The normalized spacial score (nSPS) is 10.8. The van der Waals surface area contributed by atoms with Gasteiger partial charge in [0, 0.05) is 11.9 Å². The van der Waals surface area contributed by atoms with Crippen molar-refractivity contribution < 1.29 is 0 Å². The quantitative estimate of drug-likeness (QED) is 0.714. The first-order valence-corrected chi connectivity index (χ1v) is 4.67. The Bertz CT molecular complexity index is 392. The molecule has 13 heavy (non-hydrogen) atoms. The fourth-order valence-corrected chi connectivity index (χ4v) is 1.35. The van der Waals surface area contributed by atoms with Gasteiger partial charge in [-0.1, -0.05) is 13.3 Å². The van der Waals surface area contributed by atoms with Crippen LogP contribution < -0.4 is 0 Å². The van der Waals surface area contributed by atoms with Gasteiger partial charge in [-0.2, -0.15) is 0 Å². The first-order chi connectivity index (χ1) is 6.40. The van der Waals surface area contributed by atoms with E-state index in [9.17, 15) is 0 Å². The van der Waals surface area contributed by atoms with Crippen LogP contribution in [0, 0.1) is 0 Å². The number of hydrogen-bond donors (Lipinski definition) is 0. The number of fused-ring (bicyclic) bond motifs is 1. The fourth-order valence-electron chi connectivity index (χ4n) is 1.35. The van der Waals surface area contributed by atoms with E-state index >= 15 is 0 Å². The highest BCUT2D eigenvalue weighted by Gasteiger charge is 1.97. The minimum absolute atomic E-state index is 0.939. The van der Waals surface area contributed by atoms with Crippen molar-refractivity contribution in [2.24, 2.45) is 0 Å². The fraction of sp³-hybridized carbons (Fsp3) is 0.400. The van der Waals surface area contributed by atoms with E-state index in [1.54, 1.807) is 12.5 Å². The maximum atomic E-state index is 4.47. The Balaban J connectivity index is 2.26. The second-order valence-corrected chi connectivity index (χ2v) is 3.18. The van der Waals surface area contributed by atoms with Crippen LogP contribution in [0.1, 0.15) is 25.5 Å². The standard InChI is InChI=1S/C10H13N3/c1-2-3-4-9-5-6-13-8-11-7-10(13)12-9/h5-8H,2-4H2,1H3. The van der Waals surface area contributed by atoms with Crippen molar-refractivity contribution in [2.45, 2.75) is 26.2 Å². The Kier molecular flexibility index (Phi) is 2.25. The highest BCUT2D eigenvalue weighted by molar-refractivity contribution is 5.35. The van der Waals surface area contributed by atoms with E-state index in [2.05, 4.69) is 23.0 Å². The van der Waals surface area contributed by atoms with Crippen LogP contribution in [0.4, 0.5) is 0 Å². The summed E-state index contributed by atoms with van der Waals surface area (Å²) in [5.74, 6) is 0. The van der Waals surface area contributed by atoms with Gasteiger partial charge in [-0.15, -0.1) is 0 Å². The molecule has 0 N–H and O–H groups in total. The third-order valence-corrected chi connectivity index (χ3v) is 2.12. The maximum Gasteiger partial charge on any atom is 0.156 e. The molecule has 2 aromatic heterocycles. The smallest absolute Gasteiger partial charge is 0.156 e. The molecular formula is C10H13N3. The minimum atomic E-state index is 0.939. The molecular weight excluding hydrogens is 162 g/mol. The van der Waals surface area contributed by atoms with Gasteiger partial charge >= 0.3 is 0 Å². The van der Waals surface area contributed by atoms with Gasteiger partial charge in [0.1, 0.15) is 6.33 Å². The number of rotatable bonds is 3. The molecule has 2 heterocycles. The van der Waals surface area contributed by atoms with Crippen molar-refractivity contribution in [3.05, 3.63) is 30.5 Å². The van der Waals surface area contributed by atoms with Crippen molar-refractivity contribution in [3.63, 3.8) is 0 Å². The first-order valence-electron chi connectivity index (χ1n) is 4.67. The Hall–Kier alpha value is -1.38. The molecule has 0 aliphatic carbocycles. The molecule has 2 rings (SSSR count). The highest BCUT2D eigenvalue weighted by atomic mass is 15.0. The lowest BCUT2D eigenvalue weighted by atomic mass is 10.2. The van der Waals surface area contributed by atoms with E-state index in [-0.39, 0.29) is 0 Å². The summed E-state index contributed by atoms with van der Waals surface area (Å²) in [5.41, 5.74) is 2.10. The average Bonchev–Trinajstić information content (AvgIpc) is 2.61. The van der Waals surface area contributed by atoms with Gasteiger partial charge in [0.25, 0.3) is 0 Å². The number of hydrogen-bond acceptors (Lipinski definition) is 2. The molecule has 2 aromatic rings. The Morgan fingerprint density at radius 3 is 3.23 bits per heavy atom. The molecule has 0 atom stereocenters. The second-order valence-electron chi connectivity index (χ2n) is 3.18. The van der Waals surface area contributed by atoms with Crippen molar-refractivity contribution in [1.29, 1.82) is 0 Å². The summed E-state index contributed by atoms with van der Waals surface area (Å²) in [6.07, 6.45) is 9.06. The third-order valence-electron chi connectivity index (χ3n) is 2.12. The van der Waals surface area contributed by atoms with Crippen LogP contribution in [-0.4, -0.2) is 14.4 Å². The summed E-state index contributed by atoms with van der Waals surface area (Å²) in [5, 5.41) is 0. The molecule has 0 aromatic carbocycles. The van der Waals surface area contributed by atoms with Crippen LogP contribution in [0.3, 0.4) is 0 Å². The van der Waals surface area contributed by atoms with E-state index in [1.165, 1.54) is 12.8 Å². The van der Waals surface area contributed by atoms with Gasteiger partial charge in [0.15, 0.2) is 5.65 Å². The molecule has 0 saturated heterocycles. The first kappa shape index (κ1) is 8.23. The molecule has 0 radical (unpaired) electrons. The van der Waals surface area contributed by atoms with Gasteiger partial charge in [-0.25, -0.2) is 9.97 Å². The summed E-state index contributed by atoms with van der Waals surface area (Å²) in [6.45, 7) is 2.19. The lowest BCUT2D eigenvalue weighted by Gasteiger charge is -1.99. The van der Waals surface area contributed by atoms with Crippen LogP contribution in [0.5, 0.6) is 0 Å². The van der Waals surface area contributed by atoms with Crippen molar-refractivity contribution in [2.75, 3.05) is 0 Å². The molecule has 0 bridgehead atoms. The van der Waals surface area contributed by atoms with Crippen molar-refractivity contribution in [1.82, 2.24) is 14.4 Å². The zero-order valence-corrected chi connectivity index (χ0v) is 7.77. The minimum Gasteiger partial charge on any atom is -0.291 e. The van der Waals surface area contributed by atoms with Crippen LogP contribution >= 0.6 is 0 Å². The van der Waals surface area contributed by atoms with E-state index in [1.807, 2.05) is 10.6 Å². The van der Waals surface area contributed by atoms with Crippen LogP contribution in [0.25, 0.3) is 5.65 Å². The lowest BCUT2D eigenvalue weighted by Crippen LogP contribution is -1.93. The number of unbranched alkanes of at least 4 members (excludes halogenated alkanes) is 1. The summed E-state index contributed by atoms with van der Waals surface area (Å²) in [6, 6.07) is 2.06. The zero-order chi connectivity index (χ0) is 9.10. The van der Waals surface area contributed by atoms with Gasteiger partial charge in [0.2, 0.25) is 0 Å². The van der Waals surface area contributed by atoms with E-state index < -0.39 is 0 Å². The maximum absolute atomic E-state index is 4.47. The molecule has 0 fully saturated rings. The number of aromatic nitrogens is 3. The van der Waals surface area contributed by atoms with Crippen LogP contribution in [0.2, 0.25) is 0 Å². The summed E-state index contributed by atoms with van der Waals surface area (Å²) < 4.78 is 1.93. The van der Waals surface area contributed by atoms with Gasteiger partial charge in [-0.3, -0.25) is 4.40 Å². The van der Waals surface area contributed by atoms with Crippen molar-refractivity contribution in [3.8, 4) is 0 Å². The van der Waals surface area contributed by atoms with Crippen LogP contribution in [0.15, 0.2) is 24.8 Å². The predicted octanol–water partition coefficient (Wildman–Crippen LogP) is 2.07. The van der Waals surface area contributed by atoms with E-state index in [0.717, 1.165) is 17.8 Å². The third kappa shape index (κ3) is 1.69. The molecule has 0 amide bonds. The second kappa shape index (κ2) is 3.56. The van der Waals surface area contributed by atoms with Crippen molar-refractivity contribution >= 4 is 5.65 Å².